The number of halogens is 1. The average molecular weight is 384 g/mol. The first-order chi connectivity index (χ1) is 11.4. The number of fused-ring (bicyclic) bond motifs is 1. The molecule has 0 amide bonds. The van der Waals surface area contributed by atoms with Gasteiger partial charge in [0.1, 0.15) is 0 Å². The zero-order chi connectivity index (χ0) is 17.3. The molecule has 1 aliphatic carbocycles. The maximum absolute atomic E-state index is 12.6. The number of benzene rings is 2. The minimum atomic E-state index is -3.76. The topological polar surface area (TPSA) is 115 Å². The molecular formula is C16H18ClN3O4S. The normalized spacial score (nSPS) is 16.6. The Labute approximate surface area is 151 Å². The first kappa shape index (κ1) is 19.2. The molecule has 0 aliphatic heterocycles. The van der Waals surface area contributed by atoms with Gasteiger partial charge in [-0.2, -0.15) is 0 Å². The van der Waals surface area contributed by atoms with Crippen molar-refractivity contribution in [3.05, 3.63) is 63.7 Å². The van der Waals surface area contributed by atoms with Gasteiger partial charge in [0.2, 0.25) is 10.0 Å². The van der Waals surface area contributed by atoms with Gasteiger partial charge in [-0.15, -0.1) is 12.4 Å². The van der Waals surface area contributed by atoms with Crippen molar-refractivity contribution in [1.29, 1.82) is 0 Å². The molecule has 1 unspecified atom stereocenters. The van der Waals surface area contributed by atoms with Gasteiger partial charge in [-0.05, 0) is 54.7 Å². The number of nitrogen functional groups attached to an aromatic ring is 1. The highest BCUT2D eigenvalue weighted by atomic mass is 35.5. The highest BCUT2D eigenvalue weighted by Crippen LogP contribution is 2.32. The fourth-order valence-corrected chi connectivity index (χ4v) is 4.21. The van der Waals surface area contributed by atoms with Crippen LogP contribution in [0.4, 0.5) is 11.4 Å². The van der Waals surface area contributed by atoms with Gasteiger partial charge in [0, 0.05) is 23.9 Å². The lowest BCUT2D eigenvalue weighted by molar-refractivity contribution is -0.384. The highest BCUT2D eigenvalue weighted by Gasteiger charge is 2.26. The third kappa shape index (κ3) is 4.09. The molecule has 7 nitrogen and oxygen atoms in total. The van der Waals surface area contributed by atoms with Crippen molar-refractivity contribution in [1.82, 2.24) is 4.72 Å². The molecule has 0 aromatic heterocycles. The van der Waals surface area contributed by atoms with E-state index in [0.717, 1.165) is 24.0 Å². The third-order valence-electron chi connectivity index (χ3n) is 4.14. The molecule has 1 atom stereocenters. The predicted octanol–water partition coefficient (Wildman–Crippen LogP) is 2.95. The number of non-ortho nitro benzene ring substituents is 1. The Bertz CT molecular complexity index is 885. The molecule has 25 heavy (non-hydrogen) atoms. The van der Waals surface area contributed by atoms with Crippen molar-refractivity contribution in [2.24, 2.45) is 0 Å². The number of anilines is 1. The van der Waals surface area contributed by atoms with Gasteiger partial charge in [0.05, 0.1) is 9.82 Å². The van der Waals surface area contributed by atoms with Crippen LogP contribution in [0.25, 0.3) is 0 Å². The molecular weight excluding hydrogens is 366 g/mol. The van der Waals surface area contributed by atoms with Crippen LogP contribution in [0.2, 0.25) is 0 Å². The lowest BCUT2D eigenvalue weighted by Crippen LogP contribution is -2.31. The molecule has 134 valence electrons. The van der Waals surface area contributed by atoms with Crippen LogP contribution in [0, 0.1) is 10.1 Å². The molecule has 2 aromatic carbocycles. The van der Waals surface area contributed by atoms with E-state index in [9.17, 15) is 18.5 Å². The molecule has 0 bridgehead atoms. The number of hydrogen-bond donors (Lipinski definition) is 2. The summed E-state index contributed by atoms with van der Waals surface area (Å²) in [7, 11) is -3.76. The molecule has 0 spiro atoms. The molecule has 2 aromatic rings. The van der Waals surface area contributed by atoms with Crippen molar-refractivity contribution in [3.8, 4) is 0 Å². The second-order valence-electron chi connectivity index (χ2n) is 5.78. The van der Waals surface area contributed by atoms with Crippen LogP contribution in [0.3, 0.4) is 0 Å². The van der Waals surface area contributed by atoms with Crippen molar-refractivity contribution >= 4 is 33.8 Å². The zero-order valence-corrected chi connectivity index (χ0v) is 14.8. The summed E-state index contributed by atoms with van der Waals surface area (Å²) in [5, 5.41) is 10.7. The van der Waals surface area contributed by atoms with E-state index in [4.69, 9.17) is 5.73 Å². The number of hydrogen-bond acceptors (Lipinski definition) is 5. The number of nitro benzene ring substituents is 1. The number of nitrogens with one attached hydrogen (secondary N) is 1. The summed E-state index contributed by atoms with van der Waals surface area (Å²) in [6, 6.07) is 10.0. The maximum atomic E-state index is 12.6. The number of aryl methyl sites for hydroxylation is 1. The van der Waals surface area contributed by atoms with Gasteiger partial charge in [0.25, 0.3) is 5.69 Å². The zero-order valence-electron chi connectivity index (χ0n) is 13.2. The van der Waals surface area contributed by atoms with Crippen molar-refractivity contribution in [3.63, 3.8) is 0 Å². The van der Waals surface area contributed by atoms with Crippen LogP contribution in [-0.2, 0) is 16.4 Å². The Morgan fingerprint density at radius 3 is 2.48 bits per heavy atom. The largest absolute Gasteiger partial charge is 0.399 e. The smallest absolute Gasteiger partial charge is 0.269 e. The molecule has 3 rings (SSSR count). The second-order valence-corrected chi connectivity index (χ2v) is 7.49. The predicted molar refractivity (Wildman–Crippen MR) is 97.2 cm³/mol. The first-order valence-electron chi connectivity index (χ1n) is 7.52. The van der Waals surface area contributed by atoms with Crippen LogP contribution in [0.1, 0.15) is 30.0 Å². The van der Waals surface area contributed by atoms with Crippen LogP contribution < -0.4 is 10.5 Å². The van der Waals surface area contributed by atoms with E-state index in [2.05, 4.69) is 4.72 Å². The minimum Gasteiger partial charge on any atom is -0.399 e. The highest BCUT2D eigenvalue weighted by molar-refractivity contribution is 7.89. The lowest BCUT2D eigenvalue weighted by atomic mass is 9.88. The third-order valence-corrected chi connectivity index (χ3v) is 5.62. The second kappa shape index (κ2) is 7.38. The molecule has 9 heteroatoms. The van der Waals surface area contributed by atoms with E-state index in [1.807, 2.05) is 12.1 Å². The van der Waals surface area contributed by atoms with E-state index in [1.165, 1.54) is 24.3 Å². The molecule has 0 heterocycles. The van der Waals surface area contributed by atoms with Gasteiger partial charge in [0.15, 0.2) is 0 Å². The monoisotopic (exact) mass is 383 g/mol. The summed E-state index contributed by atoms with van der Waals surface area (Å²) in [5.74, 6) is 0. The Morgan fingerprint density at radius 2 is 1.84 bits per heavy atom. The summed E-state index contributed by atoms with van der Waals surface area (Å²) in [4.78, 5) is 10.1. The van der Waals surface area contributed by atoms with Gasteiger partial charge in [-0.25, -0.2) is 13.1 Å². The Hall–Kier alpha value is -2.16. The fourth-order valence-electron chi connectivity index (χ4n) is 2.96. The first-order valence-corrected chi connectivity index (χ1v) is 9.00. The van der Waals surface area contributed by atoms with E-state index >= 15 is 0 Å². The fraction of sp³-hybridized carbons (Fsp3) is 0.250. The van der Waals surface area contributed by atoms with Crippen LogP contribution in [0.5, 0.6) is 0 Å². The quantitative estimate of drug-likeness (QED) is 0.478. The van der Waals surface area contributed by atoms with E-state index in [-0.39, 0.29) is 29.0 Å². The Kier molecular flexibility index (Phi) is 5.66. The lowest BCUT2D eigenvalue weighted by Gasteiger charge is -2.26. The summed E-state index contributed by atoms with van der Waals surface area (Å²) >= 11 is 0. The number of nitrogens with zero attached hydrogens (tertiary/aromatic N) is 1. The number of sulfonamides is 1. The van der Waals surface area contributed by atoms with E-state index in [0.29, 0.717) is 12.1 Å². The molecule has 1 aliphatic rings. The van der Waals surface area contributed by atoms with Gasteiger partial charge < -0.3 is 5.73 Å². The Balaban J connectivity index is 0.00000225. The number of nitrogens with two attached hydrogens (primary N) is 1. The van der Waals surface area contributed by atoms with Crippen molar-refractivity contribution < 1.29 is 13.3 Å². The maximum Gasteiger partial charge on any atom is 0.269 e. The molecule has 3 N–H and O–H groups in total. The number of nitro groups is 1. The molecule has 0 radical (unpaired) electrons. The Morgan fingerprint density at radius 1 is 1.16 bits per heavy atom. The van der Waals surface area contributed by atoms with Gasteiger partial charge in [-0.3, -0.25) is 10.1 Å². The number of rotatable bonds is 4. The van der Waals surface area contributed by atoms with Crippen molar-refractivity contribution in [2.45, 2.75) is 30.2 Å². The van der Waals surface area contributed by atoms with Crippen LogP contribution in [-0.4, -0.2) is 13.3 Å². The van der Waals surface area contributed by atoms with E-state index in [1.54, 1.807) is 6.07 Å². The minimum absolute atomic E-state index is 0. The standard InChI is InChI=1S/C16H17N3O4S.ClH/c17-12-4-9-15-11(10-12)2-1-3-16(15)18-24(22,23)14-7-5-13(6-8-14)19(20)21;/h4-10,16,18H,1-3,17H2;1H. The molecule has 0 saturated carbocycles. The van der Waals surface area contributed by atoms with Gasteiger partial charge >= 0.3 is 0 Å². The summed E-state index contributed by atoms with van der Waals surface area (Å²) in [5.41, 5.74) is 8.29. The SMILES string of the molecule is Cl.Nc1ccc2c(c1)CCCC2NS(=O)(=O)c1ccc([N+](=O)[O-])cc1. The van der Waals surface area contributed by atoms with Crippen LogP contribution in [0.15, 0.2) is 47.4 Å². The average Bonchev–Trinajstić information content (AvgIpc) is 2.54. The molecule has 0 fully saturated rings. The van der Waals surface area contributed by atoms with Crippen LogP contribution >= 0.6 is 12.4 Å². The summed E-state index contributed by atoms with van der Waals surface area (Å²) in [6.07, 6.45) is 2.43. The van der Waals surface area contributed by atoms with E-state index < -0.39 is 14.9 Å². The summed E-state index contributed by atoms with van der Waals surface area (Å²) in [6.45, 7) is 0. The van der Waals surface area contributed by atoms with Crippen molar-refractivity contribution in [2.75, 3.05) is 5.73 Å². The molecule has 0 saturated heterocycles. The van der Waals surface area contributed by atoms with Gasteiger partial charge in [-0.1, -0.05) is 6.07 Å². The summed E-state index contributed by atoms with van der Waals surface area (Å²) < 4.78 is 27.8.